The number of imidazole rings is 1. The first-order valence-corrected chi connectivity index (χ1v) is 6.99. The summed E-state index contributed by atoms with van der Waals surface area (Å²) in [7, 11) is 1.43. The monoisotopic (exact) mass is 284 g/mol. The van der Waals surface area contributed by atoms with Gasteiger partial charge in [-0.15, -0.1) is 0 Å². The first kappa shape index (κ1) is 12.9. The Morgan fingerprint density at radius 2 is 2.37 bits per heavy atom. The van der Waals surface area contributed by atoms with Gasteiger partial charge in [0.25, 0.3) is 0 Å². The van der Waals surface area contributed by atoms with Crippen molar-refractivity contribution in [3.63, 3.8) is 0 Å². The Labute approximate surface area is 116 Å². The fourth-order valence-electron chi connectivity index (χ4n) is 2.96. The average Bonchev–Trinajstić information content (AvgIpc) is 3.06. The zero-order valence-electron chi connectivity index (χ0n) is 10.9. The Bertz CT molecular complexity index is 494. The van der Waals surface area contributed by atoms with E-state index in [1.807, 2.05) is 0 Å². The van der Waals surface area contributed by atoms with E-state index >= 15 is 0 Å². The zero-order chi connectivity index (χ0) is 13.4. The number of hydrogen-bond acceptors (Lipinski definition) is 4. The molecule has 3 rings (SSSR count). The molecule has 1 aromatic heterocycles. The Morgan fingerprint density at radius 1 is 1.53 bits per heavy atom. The zero-order valence-corrected chi connectivity index (χ0v) is 11.7. The summed E-state index contributed by atoms with van der Waals surface area (Å²) in [4.78, 5) is 16.1. The summed E-state index contributed by atoms with van der Waals surface area (Å²) < 4.78 is 12.4. The summed E-state index contributed by atoms with van der Waals surface area (Å²) >= 11 is 6.23. The summed E-state index contributed by atoms with van der Waals surface area (Å²) in [6.45, 7) is 2.28. The number of esters is 1. The molecule has 3 heterocycles. The minimum absolute atomic E-state index is 0.0978. The third-order valence-electron chi connectivity index (χ3n) is 4.02. The molecule has 0 amide bonds. The lowest BCUT2D eigenvalue weighted by Gasteiger charge is -2.24. The molecule has 0 saturated carbocycles. The number of fused-ring (bicyclic) bond motifs is 1. The number of hydrogen-bond donors (Lipinski definition) is 0. The highest BCUT2D eigenvalue weighted by Crippen LogP contribution is 2.33. The van der Waals surface area contributed by atoms with Crippen molar-refractivity contribution in [2.24, 2.45) is 5.92 Å². The van der Waals surface area contributed by atoms with Crippen LogP contribution < -0.4 is 0 Å². The third kappa shape index (κ3) is 2.25. The van der Waals surface area contributed by atoms with Crippen molar-refractivity contribution >= 4 is 17.6 Å². The molecule has 2 unspecified atom stereocenters. The van der Waals surface area contributed by atoms with Crippen LogP contribution in [0.2, 0.25) is 5.15 Å². The standard InChI is InChI=1S/C13H17ClN2O3/c1-18-13(17)8-2-4-16-10(6-8)11(14)15-12(16)9-3-5-19-7-9/h8-9H,2-7H2,1H3. The summed E-state index contributed by atoms with van der Waals surface area (Å²) in [5.41, 5.74) is 0.963. The number of nitrogens with zero attached hydrogens (tertiary/aromatic N) is 2. The van der Waals surface area contributed by atoms with E-state index in [4.69, 9.17) is 21.1 Å². The molecule has 0 aromatic carbocycles. The van der Waals surface area contributed by atoms with Crippen molar-refractivity contribution in [1.82, 2.24) is 9.55 Å². The van der Waals surface area contributed by atoms with Crippen LogP contribution in [0, 0.1) is 5.92 Å². The summed E-state index contributed by atoms with van der Waals surface area (Å²) in [5, 5.41) is 0.524. The summed E-state index contributed by atoms with van der Waals surface area (Å²) in [6.07, 6.45) is 2.40. The largest absolute Gasteiger partial charge is 0.469 e. The lowest BCUT2D eigenvalue weighted by molar-refractivity contribution is -0.146. The van der Waals surface area contributed by atoms with Crippen molar-refractivity contribution in [1.29, 1.82) is 0 Å². The Hall–Kier alpha value is -1.07. The molecule has 0 aliphatic carbocycles. The van der Waals surface area contributed by atoms with Crippen LogP contribution in [-0.4, -0.2) is 35.8 Å². The Morgan fingerprint density at radius 3 is 3.05 bits per heavy atom. The van der Waals surface area contributed by atoms with Gasteiger partial charge in [0.1, 0.15) is 5.82 Å². The van der Waals surface area contributed by atoms with Gasteiger partial charge in [-0.3, -0.25) is 4.79 Å². The van der Waals surface area contributed by atoms with Gasteiger partial charge in [0, 0.05) is 25.5 Å². The van der Waals surface area contributed by atoms with Gasteiger partial charge < -0.3 is 14.0 Å². The minimum atomic E-state index is -0.158. The van der Waals surface area contributed by atoms with Gasteiger partial charge in [0.15, 0.2) is 5.15 Å². The molecule has 0 spiro atoms. The molecule has 2 aliphatic heterocycles. The van der Waals surface area contributed by atoms with Crippen LogP contribution in [0.15, 0.2) is 0 Å². The lowest BCUT2D eigenvalue weighted by Crippen LogP contribution is -2.27. The van der Waals surface area contributed by atoms with Crippen molar-refractivity contribution in [2.75, 3.05) is 20.3 Å². The normalized spacial score (nSPS) is 26.2. The molecule has 2 aliphatic rings. The van der Waals surface area contributed by atoms with Crippen molar-refractivity contribution in [3.05, 3.63) is 16.7 Å². The highest BCUT2D eigenvalue weighted by atomic mass is 35.5. The van der Waals surface area contributed by atoms with E-state index in [2.05, 4.69) is 9.55 Å². The van der Waals surface area contributed by atoms with Crippen molar-refractivity contribution < 1.29 is 14.3 Å². The summed E-state index contributed by atoms with van der Waals surface area (Å²) in [5.74, 6) is 1.09. The number of carbonyl (C=O) groups excluding carboxylic acids is 1. The Balaban J connectivity index is 1.87. The fraction of sp³-hybridized carbons (Fsp3) is 0.692. The molecule has 5 nitrogen and oxygen atoms in total. The molecule has 19 heavy (non-hydrogen) atoms. The molecule has 1 saturated heterocycles. The van der Waals surface area contributed by atoms with E-state index in [9.17, 15) is 4.79 Å². The summed E-state index contributed by atoms with van der Waals surface area (Å²) in [6, 6.07) is 0. The molecule has 0 N–H and O–H groups in total. The molecular formula is C13H17ClN2O3. The van der Waals surface area contributed by atoms with E-state index in [1.54, 1.807) is 0 Å². The van der Waals surface area contributed by atoms with Crippen LogP contribution in [0.5, 0.6) is 0 Å². The number of aromatic nitrogens is 2. The number of methoxy groups -OCH3 is 1. The SMILES string of the molecule is COC(=O)C1CCn2c(C3CCOC3)nc(Cl)c2C1. The van der Waals surface area contributed by atoms with Gasteiger partial charge in [0.2, 0.25) is 0 Å². The van der Waals surface area contributed by atoms with Crippen LogP contribution in [0.3, 0.4) is 0 Å². The highest BCUT2D eigenvalue weighted by molar-refractivity contribution is 6.30. The van der Waals surface area contributed by atoms with E-state index in [0.29, 0.717) is 24.1 Å². The van der Waals surface area contributed by atoms with E-state index < -0.39 is 0 Å². The molecule has 0 radical (unpaired) electrons. The lowest BCUT2D eigenvalue weighted by atomic mass is 9.96. The Kier molecular flexibility index (Phi) is 3.50. The van der Waals surface area contributed by atoms with Crippen LogP contribution in [-0.2, 0) is 27.2 Å². The van der Waals surface area contributed by atoms with Crippen molar-refractivity contribution in [2.45, 2.75) is 31.7 Å². The van der Waals surface area contributed by atoms with Crippen LogP contribution in [0.25, 0.3) is 0 Å². The van der Waals surface area contributed by atoms with Gasteiger partial charge >= 0.3 is 5.97 Å². The maximum atomic E-state index is 11.6. The van der Waals surface area contributed by atoms with E-state index in [0.717, 1.165) is 37.5 Å². The molecule has 2 atom stereocenters. The maximum absolute atomic E-state index is 11.6. The number of ether oxygens (including phenoxy) is 2. The maximum Gasteiger partial charge on any atom is 0.309 e. The molecule has 6 heteroatoms. The molecule has 0 bridgehead atoms. The van der Waals surface area contributed by atoms with Crippen LogP contribution in [0.4, 0.5) is 0 Å². The van der Waals surface area contributed by atoms with E-state index in [-0.39, 0.29) is 11.9 Å². The van der Waals surface area contributed by atoms with Crippen molar-refractivity contribution in [3.8, 4) is 0 Å². The molecular weight excluding hydrogens is 268 g/mol. The van der Waals surface area contributed by atoms with Gasteiger partial charge in [-0.2, -0.15) is 0 Å². The first-order chi connectivity index (χ1) is 9.20. The molecule has 1 aromatic rings. The minimum Gasteiger partial charge on any atom is -0.469 e. The second-order valence-electron chi connectivity index (χ2n) is 5.13. The smallest absolute Gasteiger partial charge is 0.309 e. The van der Waals surface area contributed by atoms with Gasteiger partial charge in [-0.1, -0.05) is 11.6 Å². The first-order valence-electron chi connectivity index (χ1n) is 6.61. The highest BCUT2D eigenvalue weighted by Gasteiger charge is 2.32. The quantitative estimate of drug-likeness (QED) is 0.777. The van der Waals surface area contributed by atoms with Gasteiger partial charge in [-0.25, -0.2) is 4.98 Å². The fourth-order valence-corrected chi connectivity index (χ4v) is 3.22. The predicted molar refractivity (Wildman–Crippen MR) is 69.2 cm³/mol. The average molecular weight is 285 g/mol. The molecule has 104 valence electrons. The second kappa shape index (κ2) is 5.13. The number of rotatable bonds is 2. The van der Waals surface area contributed by atoms with Gasteiger partial charge in [-0.05, 0) is 12.8 Å². The predicted octanol–water partition coefficient (Wildman–Crippen LogP) is 1.78. The number of halogens is 1. The number of carbonyl (C=O) groups is 1. The van der Waals surface area contributed by atoms with Crippen LogP contribution >= 0.6 is 11.6 Å². The van der Waals surface area contributed by atoms with Crippen LogP contribution in [0.1, 0.15) is 30.3 Å². The van der Waals surface area contributed by atoms with E-state index in [1.165, 1.54) is 7.11 Å². The second-order valence-corrected chi connectivity index (χ2v) is 5.49. The molecule has 1 fully saturated rings. The third-order valence-corrected chi connectivity index (χ3v) is 4.33. The van der Waals surface area contributed by atoms with Gasteiger partial charge in [0.05, 0.1) is 25.3 Å². The topological polar surface area (TPSA) is 53.4 Å².